The Morgan fingerprint density at radius 1 is 1.06 bits per heavy atom. The second-order valence-corrected chi connectivity index (χ2v) is 8.77. The van der Waals surface area contributed by atoms with Crippen molar-refractivity contribution in [1.82, 2.24) is 24.5 Å². The van der Waals surface area contributed by atoms with Crippen molar-refractivity contribution in [3.05, 3.63) is 48.5 Å². The predicted molar refractivity (Wildman–Crippen MR) is 116 cm³/mol. The SMILES string of the molecule is Nc1ccc2ccc(CC[C@@]34C[C@@H]3[C@@H](n3ccc5c(N)ncnc53)[C@H](O)[C@@H]4O)nc2n1. The fraction of sp³-hybridized carbons (Fsp3) is 0.364. The van der Waals surface area contributed by atoms with E-state index in [0.717, 1.165) is 29.3 Å². The van der Waals surface area contributed by atoms with E-state index in [2.05, 4.69) is 19.9 Å². The monoisotopic (exact) mass is 417 g/mol. The van der Waals surface area contributed by atoms with Gasteiger partial charge < -0.3 is 26.2 Å². The number of hydrogen-bond donors (Lipinski definition) is 4. The fourth-order valence-electron chi connectivity index (χ4n) is 5.49. The van der Waals surface area contributed by atoms with E-state index < -0.39 is 12.2 Å². The first kappa shape index (κ1) is 18.5. The zero-order valence-corrected chi connectivity index (χ0v) is 16.8. The van der Waals surface area contributed by atoms with E-state index in [-0.39, 0.29) is 17.4 Å². The van der Waals surface area contributed by atoms with Gasteiger partial charge in [0.05, 0.1) is 17.5 Å². The second kappa shape index (κ2) is 6.35. The van der Waals surface area contributed by atoms with Gasteiger partial charge in [0.2, 0.25) is 0 Å². The van der Waals surface area contributed by atoms with Crippen LogP contribution in [0.25, 0.3) is 22.1 Å². The summed E-state index contributed by atoms with van der Waals surface area (Å²) >= 11 is 0. The largest absolute Gasteiger partial charge is 0.390 e. The van der Waals surface area contributed by atoms with Gasteiger partial charge in [0.15, 0.2) is 5.65 Å². The number of aliphatic hydroxyl groups is 2. The summed E-state index contributed by atoms with van der Waals surface area (Å²) in [6.45, 7) is 0. The molecule has 6 rings (SSSR count). The van der Waals surface area contributed by atoms with Gasteiger partial charge in [0, 0.05) is 22.7 Å². The van der Waals surface area contributed by atoms with Crippen molar-refractivity contribution in [2.45, 2.75) is 37.5 Å². The summed E-state index contributed by atoms with van der Waals surface area (Å²) in [4.78, 5) is 17.3. The van der Waals surface area contributed by atoms with Gasteiger partial charge in [-0.15, -0.1) is 0 Å². The highest BCUT2D eigenvalue weighted by molar-refractivity contribution is 5.86. The maximum atomic E-state index is 11.0. The Morgan fingerprint density at radius 3 is 2.77 bits per heavy atom. The third-order valence-electron chi connectivity index (χ3n) is 7.19. The van der Waals surface area contributed by atoms with E-state index in [1.165, 1.54) is 6.33 Å². The number of nitrogens with zero attached hydrogens (tertiary/aromatic N) is 5. The van der Waals surface area contributed by atoms with Crippen LogP contribution in [0.15, 0.2) is 42.9 Å². The Morgan fingerprint density at radius 2 is 1.90 bits per heavy atom. The summed E-state index contributed by atoms with van der Waals surface area (Å²) in [5.41, 5.74) is 13.7. The smallest absolute Gasteiger partial charge is 0.161 e. The van der Waals surface area contributed by atoms with Gasteiger partial charge in [-0.1, -0.05) is 0 Å². The number of hydrogen-bond acceptors (Lipinski definition) is 8. The summed E-state index contributed by atoms with van der Waals surface area (Å²) in [7, 11) is 0. The molecule has 5 atom stereocenters. The molecule has 0 unspecified atom stereocenters. The van der Waals surface area contributed by atoms with Gasteiger partial charge in [-0.05, 0) is 55.5 Å². The van der Waals surface area contributed by atoms with Crippen LogP contribution in [0.4, 0.5) is 11.6 Å². The minimum atomic E-state index is -0.864. The highest BCUT2D eigenvalue weighted by Gasteiger charge is 2.70. The van der Waals surface area contributed by atoms with Crippen LogP contribution >= 0.6 is 0 Å². The highest BCUT2D eigenvalue weighted by atomic mass is 16.3. The van der Waals surface area contributed by atoms with Crippen LogP contribution < -0.4 is 11.5 Å². The Labute approximate surface area is 177 Å². The fourth-order valence-corrected chi connectivity index (χ4v) is 5.49. The minimum absolute atomic E-state index is 0.165. The van der Waals surface area contributed by atoms with E-state index in [4.69, 9.17) is 11.5 Å². The van der Waals surface area contributed by atoms with Gasteiger partial charge in [-0.2, -0.15) is 0 Å². The summed E-state index contributed by atoms with van der Waals surface area (Å²) in [6, 6.07) is 9.27. The molecule has 9 heteroatoms. The molecular weight excluding hydrogens is 394 g/mol. The average molecular weight is 417 g/mol. The van der Waals surface area contributed by atoms with Crippen molar-refractivity contribution in [3.8, 4) is 0 Å². The standard InChI is InChI=1S/C22H23N7O2/c23-15-4-2-11-1-3-12(27-20(11)28-15)5-7-22-9-14(22)16(17(30)18(22)31)29-8-6-13-19(24)25-10-26-21(13)29/h1-4,6,8,10,14,16-18,30-31H,5,7,9H2,(H2,23,27,28)(H2,24,25,26)/t14-,16-,17+,18+,22-/m1/s1. The highest BCUT2D eigenvalue weighted by Crippen LogP contribution is 2.69. The summed E-state index contributed by atoms with van der Waals surface area (Å²) < 4.78 is 1.95. The normalized spacial score (nSPS) is 29.5. The van der Waals surface area contributed by atoms with Crippen molar-refractivity contribution in [2.24, 2.45) is 11.3 Å². The number of fused-ring (bicyclic) bond motifs is 3. The lowest BCUT2D eigenvalue weighted by Gasteiger charge is -2.24. The first-order valence-corrected chi connectivity index (χ1v) is 10.4. The molecule has 0 bridgehead atoms. The van der Waals surface area contributed by atoms with Gasteiger partial charge in [-0.25, -0.2) is 19.9 Å². The Hall–Kier alpha value is -3.30. The van der Waals surface area contributed by atoms with E-state index >= 15 is 0 Å². The van der Waals surface area contributed by atoms with Gasteiger partial charge in [-0.3, -0.25) is 0 Å². The molecule has 2 saturated carbocycles. The summed E-state index contributed by atoms with van der Waals surface area (Å²) in [5.74, 6) is 1.02. The van der Waals surface area contributed by atoms with Crippen LogP contribution in [-0.4, -0.2) is 46.9 Å². The van der Waals surface area contributed by atoms with Crippen LogP contribution in [0, 0.1) is 11.3 Å². The van der Waals surface area contributed by atoms with E-state index in [0.29, 0.717) is 29.4 Å². The lowest BCUT2D eigenvalue weighted by molar-refractivity contribution is -0.0192. The lowest BCUT2D eigenvalue weighted by atomic mass is 9.92. The van der Waals surface area contributed by atoms with Crippen molar-refractivity contribution >= 4 is 33.7 Å². The number of aryl methyl sites for hydroxylation is 1. The lowest BCUT2D eigenvalue weighted by Crippen LogP contribution is -2.34. The number of anilines is 2. The van der Waals surface area contributed by atoms with E-state index in [9.17, 15) is 10.2 Å². The number of aromatic nitrogens is 5. The van der Waals surface area contributed by atoms with Gasteiger partial charge in [0.25, 0.3) is 0 Å². The summed E-state index contributed by atoms with van der Waals surface area (Å²) in [5, 5.41) is 23.6. The van der Waals surface area contributed by atoms with Crippen LogP contribution in [0.2, 0.25) is 0 Å². The van der Waals surface area contributed by atoms with Crippen LogP contribution in [0.3, 0.4) is 0 Å². The van der Waals surface area contributed by atoms with Crippen molar-refractivity contribution in [2.75, 3.05) is 11.5 Å². The zero-order valence-electron chi connectivity index (χ0n) is 16.8. The minimum Gasteiger partial charge on any atom is -0.390 e. The van der Waals surface area contributed by atoms with Crippen molar-refractivity contribution < 1.29 is 10.2 Å². The second-order valence-electron chi connectivity index (χ2n) is 8.77. The quantitative estimate of drug-likeness (QED) is 0.390. The van der Waals surface area contributed by atoms with Crippen LogP contribution in [0.1, 0.15) is 24.6 Å². The molecule has 4 aromatic rings. The molecule has 0 saturated heterocycles. The number of nitrogens with two attached hydrogens (primary N) is 2. The van der Waals surface area contributed by atoms with Crippen LogP contribution in [-0.2, 0) is 6.42 Å². The molecule has 158 valence electrons. The number of nitrogen functional groups attached to an aromatic ring is 2. The maximum absolute atomic E-state index is 11.0. The number of aliphatic hydroxyl groups excluding tert-OH is 2. The predicted octanol–water partition coefficient (Wildman–Crippen LogP) is 1.45. The molecule has 9 nitrogen and oxygen atoms in total. The first-order valence-electron chi connectivity index (χ1n) is 10.4. The molecular formula is C22H23N7O2. The molecule has 0 spiro atoms. The molecule has 0 aromatic carbocycles. The Kier molecular flexibility index (Phi) is 3.78. The summed E-state index contributed by atoms with van der Waals surface area (Å²) in [6.07, 6.45) is 3.94. The van der Waals surface area contributed by atoms with Crippen LogP contribution in [0.5, 0.6) is 0 Å². The molecule has 0 radical (unpaired) electrons. The maximum Gasteiger partial charge on any atom is 0.161 e. The molecule has 31 heavy (non-hydrogen) atoms. The number of rotatable bonds is 4. The van der Waals surface area contributed by atoms with Crippen molar-refractivity contribution in [3.63, 3.8) is 0 Å². The molecule has 2 fully saturated rings. The molecule has 4 heterocycles. The molecule has 0 aliphatic heterocycles. The Bertz CT molecular complexity index is 1320. The molecule has 4 aromatic heterocycles. The first-order chi connectivity index (χ1) is 15.0. The third kappa shape index (κ3) is 2.63. The molecule has 2 aliphatic carbocycles. The zero-order chi connectivity index (χ0) is 21.3. The number of pyridine rings is 2. The molecule has 0 amide bonds. The average Bonchev–Trinajstić information content (AvgIpc) is 3.25. The van der Waals surface area contributed by atoms with E-state index in [1.54, 1.807) is 6.07 Å². The van der Waals surface area contributed by atoms with Crippen molar-refractivity contribution in [1.29, 1.82) is 0 Å². The molecule has 2 aliphatic rings. The molecule has 6 N–H and O–H groups in total. The van der Waals surface area contributed by atoms with Gasteiger partial charge >= 0.3 is 0 Å². The third-order valence-corrected chi connectivity index (χ3v) is 7.19. The topological polar surface area (TPSA) is 149 Å². The van der Waals surface area contributed by atoms with Gasteiger partial charge in [0.1, 0.15) is 29.7 Å². The Balaban J connectivity index is 1.27. The van der Waals surface area contributed by atoms with E-state index in [1.807, 2.05) is 35.0 Å².